The molecule has 110 valence electrons. The Labute approximate surface area is 120 Å². The maximum atomic E-state index is 13.7. The van der Waals surface area contributed by atoms with Crippen molar-refractivity contribution in [1.82, 2.24) is 0 Å². The second-order valence-corrected chi connectivity index (χ2v) is 4.73. The molecular formula is C15H14F2N2O2. The Morgan fingerprint density at radius 2 is 1.90 bits per heavy atom. The molecule has 21 heavy (non-hydrogen) atoms. The Balaban J connectivity index is 2.18. The number of nitrogens with one attached hydrogen (secondary N) is 1. The summed E-state index contributed by atoms with van der Waals surface area (Å²) in [5.41, 5.74) is 0.132. The molecule has 2 rings (SSSR count). The zero-order valence-electron chi connectivity index (χ0n) is 11.3. The second-order valence-electron chi connectivity index (χ2n) is 4.73. The molecule has 0 aliphatic rings. The molecule has 1 N–H and O–H groups in total. The molecule has 0 amide bonds. The summed E-state index contributed by atoms with van der Waals surface area (Å²) in [5, 5.41) is 13.6. The van der Waals surface area contributed by atoms with Gasteiger partial charge >= 0.3 is 0 Å². The molecule has 0 radical (unpaired) electrons. The molecular weight excluding hydrogens is 278 g/mol. The number of halogens is 2. The number of nitro benzene ring substituents is 1. The quantitative estimate of drug-likeness (QED) is 0.667. The highest BCUT2D eigenvalue weighted by molar-refractivity contribution is 5.62. The van der Waals surface area contributed by atoms with E-state index in [1.54, 1.807) is 0 Å². The lowest BCUT2D eigenvalue weighted by atomic mass is 10.0. The molecule has 0 heterocycles. The molecule has 6 heteroatoms. The van der Waals surface area contributed by atoms with Crippen LogP contribution in [0.3, 0.4) is 0 Å². The van der Waals surface area contributed by atoms with Crippen LogP contribution in [-0.2, 0) is 0 Å². The lowest BCUT2D eigenvalue weighted by Gasteiger charge is -2.14. The minimum atomic E-state index is -0.971. The molecule has 0 bridgehead atoms. The zero-order valence-corrected chi connectivity index (χ0v) is 11.3. The van der Waals surface area contributed by atoms with Crippen molar-refractivity contribution < 1.29 is 13.7 Å². The Hall–Kier alpha value is -2.50. The largest absolute Gasteiger partial charge is 0.376 e. The van der Waals surface area contributed by atoms with Gasteiger partial charge in [-0.2, -0.15) is 0 Å². The molecule has 0 aromatic heterocycles. The minimum absolute atomic E-state index is 0.0234. The van der Waals surface area contributed by atoms with E-state index >= 15 is 0 Å². The van der Waals surface area contributed by atoms with Crippen LogP contribution in [0.4, 0.5) is 20.2 Å². The van der Waals surface area contributed by atoms with Gasteiger partial charge in [0.2, 0.25) is 0 Å². The highest BCUT2D eigenvalue weighted by atomic mass is 19.1. The number of nitro groups is 1. The summed E-state index contributed by atoms with van der Waals surface area (Å²) in [6.07, 6.45) is 0. The van der Waals surface area contributed by atoms with Crippen LogP contribution in [-0.4, -0.2) is 11.5 Å². The first kappa shape index (κ1) is 14.9. The Morgan fingerprint density at radius 1 is 1.24 bits per heavy atom. The standard InChI is InChI=1S/C15H14F2N2O2/c1-10(11-5-3-2-4-6-11)9-18-15-13(17)7-12(16)8-14(15)19(20)21/h2-8,10,18H,9H2,1H3. The fourth-order valence-corrected chi connectivity index (χ4v) is 2.03. The monoisotopic (exact) mass is 292 g/mol. The van der Waals surface area contributed by atoms with Crippen LogP contribution in [0.15, 0.2) is 42.5 Å². The first-order valence-corrected chi connectivity index (χ1v) is 6.41. The van der Waals surface area contributed by atoms with Crippen LogP contribution >= 0.6 is 0 Å². The average molecular weight is 292 g/mol. The van der Waals surface area contributed by atoms with Crippen LogP contribution < -0.4 is 5.32 Å². The highest BCUT2D eigenvalue weighted by Gasteiger charge is 2.20. The van der Waals surface area contributed by atoms with E-state index < -0.39 is 22.2 Å². The predicted octanol–water partition coefficient (Wildman–Crippen LogP) is 4.09. The summed E-state index contributed by atoms with van der Waals surface area (Å²) in [6, 6.07) is 10.8. The maximum absolute atomic E-state index is 13.7. The van der Waals surface area contributed by atoms with Crippen molar-refractivity contribution in [1.29, 1.82) is 0 Å². The molecule has 0 aliphatic carbocycles. The molecule has 0 saturated heterocycles. The van der Waals surface area contributed by atoms with Crippen molar-refractivity contribution in [2.24, 2.45) is 0 Å². The lowest BCUT2D eigenvalue weighted by molar-refractivity contribution is -0.384. The smallest absolute Gasteiger partial charge is 0.298 e. The predicted molar refractivity (Wildman–Crippen MR) is 76.4 cm³/mol. The fraction of sp³-hybridized carbons (Fsp3) is 0.200. The maximum Gasteiger partial charge on any atom is 0.298 e. The average Bonchev–Trinajstić information content (AvgIpc) is 2.46. The van der Waals surface area contributed by atoms with Crippen LogP contribution in [0, 0.1) is 21.7 Å². The molecule has 0 fully saturated rings. The van der Waals surface area contributed by atoms with Crippen LogP contribution in [0.25, 0.3) is 0 Å². The summed E-state index contributed by atoms with van der Waals surface area (Å²) in [7, 11) is 0. The van der Waals surface area contributed by atoms with E-state index in [2.05, 4.69) is 5.32 Å². The Bertz CT molecular complexity index is 648. The molecule has 4 nitrogen and oxygen atoms in total. The number of nitrogens with zero attached hydrogens (tertiary/aromatic N) is 1. The van der Waals surface area contributed by atoms with E-state index in [-0.39, 0.29) is 11.6 Å². The van der Waals surface area contributed by atoms with Crippen molar-refractivity contribution >= 4 is 11.4 Å². The number of hydrogen-bond acceptors (Lipinski definition) is 3. The Morgan fingerprint density at radius 3 is 2.52 bits per heavy atom. The van der Waals surface area contributed by atoms with Gasteiger partial charge in [-0.25, -0.2) is 8.78 Å². The van der Waals surface area contributed by atoms with E-state index in [0.717, 1.165) is 5.56 Å². The van der Waals surface area contributed by atoms with Crippen LogP contribution in [0.1, 0.15) is 18.4 Å². The van der Waals surface area contributed by atoms with Crippen molar-refractivity contribution in [2.75, 3.05) is 11.9 Å². The number of anilines is 1. The van der Waals surface area contributed by atoms with Crippen LogP contribution in [0.2, 0.25) is 0 Å². The SMILES string of the molecule is CC(CNc1c(F)cc(F)cc1[N+](=O)[O-])c1ccccc1. The van der Waals surface area contributed by atoms with Gasteiger partial charge in [0.05, 0.1) is 11.0 Å². The minimum Gasteiger partial charge on any atom is -0.376 e. The van der Waals surface area contributed by atoms with Gasteiger partial charge in [0.25, 0.3) is 5.69 Å². The van der Waals surface area contributed by atoms with Gasteiger partial charge < -0.3 is 5.32 Å². The summed E-state index contributed by atoms with van der Waals surface area (Å²) >= 11 is 0. The second kappa shape index (κ2) is 6.30. The van der Waals surface area contributed by atoms with E-state index in [9.17, 15) is 18.9 Å². The molecule has 2 aromatic rings. The summed E-state index contributed by atoms with van der Waals surface area (Å²) in [5.74, 6) is -1.92. The van der Waals surface area contributed by atoms with Crippen molar-refractivity contribution in [3.63, 3.8) is 0 Å². The summed E-state index contributed by atoms with van der Waals surface area (Å²) in [6.45, 7) is 2.21. The van der Waals surface area contributed by atoms with Gasteiger partial charge in [0, 0.05) is 12.6 Å². The number of rotatable bonds is 5. The third kappa shape index (κ3) is 3.53. The molecule has 1 unspecified atom stereocenters. The van der Waals surface area contributed by atoms with Gasteiger partial charge in [0.15, 0.2) is 5.82 Å². The van der Waals surface area contributed by atoms with Crippen molar-refractivity contribution in [3.8, 4) is 0 Å². The molecule has 0 saturated carbocycles. The van der Waals surface area contributed by atoms with Gasteiger partial charge in [0.1, 0.15) is 11.5 Å². The fourth-order valence-electron chi connectivity index (χ4n) is 2.03. The number of hydrogen-bond donors (Lipinski definition) is 1. The van der Waals surface area contributed by atoms with Gasteiger partial charge in [-0.1, -0.05) is 37.3 Å². The van der Waals surface area contributed by atoms with Crippen molar-refractivity contribution in [2.45, 2.75) is 12.8 Å². The van der Waals surface area contributed by atoms with E-state index in [1.165, 1.54) is 0 Å². The zero-order chi connectivity index (χ0) is 15.4. The third-order valence-corrected chi connectivity index (χ3v) is 3.18. The Kier molecular flexibility index (Phi) is 4.47. The normalized spacial score (nSPS) is 12.0. The van der Waals surface area contributed by atoms with E-state index in [1.807, 2.05) is 37.3 Å². The van der Waals surface area contributed by atoms with E-state index in [0.29, 0.717) is 18.7 Å². The first-order chi connectivity index (χ1) is 9.99. The number of benzene rings is 2. The van der Waals surface area contributed by atoms with Crippen molar-refractivity contribution in [3.05, 3.63) is 69.8 Å². The third-order valence-electron chi connectivity index (χ3n) is 3.18. The summed E-state index contributed by atoms with van der Waals surface area (Å²) in [4.78, 5) is 10.1. The van der Waals surface area contributed by atoms with Gasteiger partial charge in [-0.05, 0) is 11.5 Å². The van der Waals surface area contributed by atoms with Gasteiger partial charge in [-0.3, -0.25) is 10.1 Å². The molecule has 0 aliphatic heterocycles. The topological polar surface area (TPSA) is 55.2 Å². The molecule has 0 spiro atoms. The van der Waals surface area contributed by atoms with Gasteiger partial charge in [-0.15, -0.1) is 0 Å². The van der Waals surface area contributed by atoms with E-state index in [4.69, 9.17) is 0 Å². The van der Waals surface area contributed by atoms with Crippen LogP contribution in [0.5, 0.6) is 0 Å². The first-order valence-electron chi connectivity index (χ1n) is 6.41. The molecule has 1 atom stereocenters. The molecule has 2 aromatic carbocycles. The lowest BCUT2D eigenvalue weighted by Crippen LogP contribution is -2.12. The highest BCUT2D eigenvalue weighted by Crippen LogP contribution is 2.29. The summed E-state index contributed by atoms with van der Waals surface area (Å²) < 4.78 is 26.8.